The average molecular weight is 399 g/mol. The molecule has 3 nitrogen and oxygen atoms in total. The van der Waals surface area contributed by atoms with Crippen molar-refractivity contribution in [3.63, 3.8) is 0 Å². The van der Waals surface area contributed by atoms with Gasteiger partial charge in [0.1, 0.15) is 11.6 Å². The number of fused-ring (bicyclic) bond motifs is 1. The fraction of sp³-hybridized carbons (Fsp3) is 0.0476. The van der Waals surface area contributed by atoms with E-state index in [1.165, 1.54) is 16.7 Å². The lowest BCUT2D eigenvalue weighted by atomic mass is 10.1. The minimum atomic E-state index is -0.569. The third-order valence-corrected chi connectivity index (χ3v) is 4.82. The van der Waals surface area contributed by atoms with E-state index < -0.39 is 5.82 Å². The molecule has 1 aromatic heterocycles. The molecule has 0 bridgehead atoms. The lowest BCUT2D eigenvalue weighted by Crippen LogP contribution is -2.24. The number of halogens is 3. The first-order valence-corrected chi connectivity index (χ1v) is 8.98. The van der Waals surface area contributed by atoms with Crippen molar-refractivity contribution in [1.29, 1.82) is 0 Å². The van der Waals surface area contributed by atoms with Crippen molar-refractivity contribution < 1.29 is 4.39 Å². The molecule has 0 aliphatic rings. The van der Waals surface area contributed by atoms with Gasteiger partial charge in [0.15, 0.2) is 0 Å². The fourth-order valence-electron chi connectivity index (χ4n) is 2.96. The van der Waals surface area contributed by atoms with E-state index in [-0.39, 0.29) is 10.6 Å². The number of hydrogen-bond donors (Lipinski definition) is 0. The van der Waals surface area contributed by atoms with Crippen molar-refractivity contribution in [3.8, 4) is 11.4 Å². The Bertz CT molecular complexity index is 1210. The van der Waals surface area contributed by atoms with Gasteiger partial charge in [-0.05, 0) is 42.0 Å². The topological polar surface area (TPSA) is 34.9 Å². The maximum atomic E-state index is 14.0. The SMILES string of the molecule is O=c1c2ccc(Cl)cc2nc(-c2ccc(Cl)c(F)c2)n1Cc1ccccc1. The van der Waals surface area contributed by atoms with Gasteiger partial charge in [0, 0.05) is 10.6 Å². The average Bonchev–Trinajstić information content (AvgIpc) is 2.67. The Labute approximate surface area is 164 Å². The Morgan fingerprint density at radius 1 is 0.963 bits per heavy atom. The van der Waals surface area contributed by atoms with Gasteiger partial charge in [-0.3, -0.25) is 9.36 Å². The second kappa shape index (κ2) is 7.14. The van der Waals surface area contributed by atoms with Crippen molar-refractivity contribution in [3.05, 3.63) is 98.5 Å². The van der Waals surface area contributed by atoms with E-state index in [9.17, 15) is 9.18 Å². The fourth-order valence-corrected chi connectivity index (χ4v) is 3.25. The van der Waals surface area contributed by atoms with Crippen LogP contribution in [-0.4, -0.2) is 9.55 Å². The molecular weight excluding hydrogens is 386 g/mol. The number of nitrogens with zero attached hydrogens (tertiary/aromatic N) is 2. The highest BCUT2D eigenvalue weighted by molar-refractivity contribution is 6.31. The first-order chi connectivity index (χ1) is 13.0. The minimum Gasteiger partial charge on any atom is -0.288 e. The summed E-state index contributed by atoms with van der Waals surface area (Å²) >= 11 is 11.9. The largest absolute Gasteiger partial charge is 0.288 e. The number of hydrogen-bond acceptors (Lipinski definition) is 2. The standard InChI is InChI=1S/C21H13Cl2FN2O/c22-15-7-8-16-19(11-15)25-20(14-6-9-17(23)18(24)10-14)26(21(16)27)12-13-4-2-1-3-5-13/h1-11H,12H2. The molecule has 0 unspecified atom stereocenters. The van der Waals surface area contributed by atoms with E-state index in [4.69, 9.17) is 23.2 Å². The first-order valence-electron chi connectivity index (χ1n) is 8.22. The Balaban J connectivity index is 2.00. The minimum absolute atomic E-state index is 0.0135. The number of benzene rings is 3. The maximum absolute atomic E-state index is 14.0. The summed E-state index contributed by atoms with van der Waals surface area (Å²) in [6.07, 6.45) is 0. The molecule has 134 valence electrons. The van der Waals surface area contributed by atoms with Crippen LogP contribution in [0.3, 0.4) is 0 Å². The van der Waals surface area contributed by atoms with E-state index in [1.54, 1.807) is 24.3 Å². The van der Waals surface area contributed by atoms with Crippen LogP contribution in [0.15, 0.2) is 71.5 Å². The zero-order chi connectivity index (χ0) is 19.0. The molecule has 6 heteroatoms. The van der Waals surface area contributed by atoms with Gasteiger partial charge in [0.2, 0.25) is 0 Å². The second-order valence-electron chi connectivity index (χ2n) is 6.10. The quantitative estimate of drug-likeness (QED) is 0.452. The van der Waals surface area contributed by atoms with Crippen LogP contribution < -0.4 is 5.56 Å². The second-order valence-corrected chi connectivity index (χ2v) is 6.95. The predicted octanol–water partition coefficient (Wildman–Crippen LogP) is 5.56. The zero-order valence-corrected chi connectivity index (χ0v) is 15.5. The van der Waals surface area contributed by atoms with Gasteiger partial charge in [0.25, 0.3) is 5.56 Å². The third-order valence-electron chi connectivity index (χ3n) is 4.28. The van der Waals surface area contributed by atoms with Gasteiger partial charge in [-0.2, -0.15) is 0 Å². The molecule has 0 spiro atoms. The number of aromatic nitrogens is 2. The van der Waals surface area contributed by atoms with Gasteiger partial charge < -0.3 is 0 Å². The lowest BCUT2D eigenvalue weighted by molar-refractivity contribution is 0.628. The molecule has 4 rings (SSSR count). The molecule has 0 saturated carbocycles. The molecule has 1 heterocycles. The van der Waals surface area contributed by atoms with Crippen LogP contribution in [-0.2, 0) is 6.54 Å². The zero-order valence-electron chi connectivity index (χ0n) is 14.0. The smallest absolute Gasteiger partial charge is 0.261 e. The molecule has 3 aromatic carbocycles. The molecule has 0 aliphatic carbocycles. The highest BCUT2D eigenvalue weighted by Crippen LogP contribution is 2.25. The summed E-state index contributed by atoms with van der Waals surface area (Å²) in [6, 6.07) is 18.9. The van der Waals surface area contributed by atoms with Gasteiger partial charge >= 0.3 is 0 Å². The van der Waals surface area contributed by atoms with E-state index in [2.05, 4.69) is 4.98 Å². The molecule has 0 saturated heterocycles. The summed E-state index contributed by atoms with van der Waals surface area (Å²) < 4.78 is 15.6. The summed E-state index contributed by atoms with van der Waals surface area (Å²) in [5, 5.41) is 0.941. The predicted molar refractivity (Wildman–Crippen MR) is 107 cm³/mol. The monoisotopic (exact) mass is 398 g/mol. The van der Waals surface area contributed by atoms with E-state index >= 15 is 0 Å². The van der Waals surface area contributed by atoms with Gasteiger partial charge in [-0.1, -0.05) is 53.5 Å². The van der Waals surface area contributed by atoms with Crippen LogP contribution in [0.25, 0.3) is 22.3 Å². The highest BCUT2D eigenvalue weighted by Gasteiger charge is 2.15. The Morgan fingerprint density at radius 3 is 2.48 bits per heavy atom. The summed E-state index contributed by atoms with van der Waals surface area (Å²) in [7, 11) is 0. The molecular formula is C21H13Cl2FN2O. The Hall–Kier alpha value is -2.69. The van der Waals surface area contributed by atoms with Crippen molar-refractivity contribution in [2.24, 2.45) is 0 Å². The van der Waals surface area contributed by atoms with Crippen LogP contribution in [0.2, 0.25) is 10.0 Å². The Kier molecular flexibility index (Phi) is 4.68. The molecule has 4 aromatic rings. The van der Waals surface area contributed by atoms with E-state index in [0.717, 1.165) is 5.56 Å². The highest BCUT2D eigenvalue weighted by atomic mass is 35.5. The van der Waals surface area contributed by atoms with Crippen LogP contribution in [0.1, 0.15) is 5.56 Å². The molecule has 0 amide bonds. The van der Waals surface area contributed by atoms with Crippen LogP contribution in [0.5, 0.6) is 0 Å². The molecule has 0 fully saturated rings. The van der Waals surface area contributed by atoms with Gasteiger partial charge in [0.05, 0.1) is 22.5 Å². The van der Waals surface area contributed by atoms with Crippen molar-refractivity contribution >= 4 is 34.1 Å². The van der Waals surface area contributed by atoms with Crippen molar-refractivity contribution in [1.82, 2.24) is 9.55 Å². The molecule has 0 N–H and O–H groups in total. The molecule has 0 atom stereocenters. The van der Waals surface area contributed by atoms with E-state index in [1.807, 2.05) is 30.3 Å². The normalized spacial score (nSPS) is 11.1. The van der Waals surface area contributed by atoms with Gasteiger partial charge in [-0.25, -0.2) is 9.37 Å². The van der Waals surface area contributed by atoms with Crippen LogP contribution >= 0.6 is 23.2 Å². The van der Waals surface area contributed by atoms with Gasteiger partial charge in [-0.15, -0.1) is 0 Å². The van der Waals surface area contributed by atoms with Crippen molar-refractivity contribution in [2.45, 2.75) is 6.54 Å². The maximum Gasteiger partial charge on any atom is 0.261 e. The third kappa shape index (κ3) is 3.46. The summed E-state index contributed by atoms with van der Waals surface area (Å²) in [5.41, 5.74) is 1.64. The Morgan fingerprint density at radius 2 is 1.74 bits per heavy atom. The molecule has 27 heavy (non-hydrogen) atoms. The van der Waals surface area contributed by atoms with Crippen LogP contribution in [0, 0.1) is 5.82 Å². The summed E-state index contributed by atoms with van der Waals surface area (Å²) in [4.78, 5) is 17.8. The lowest BCUT2D eigenvalue weighted by Gasteiger charge is -2.14. The summed E-state index contributed by atoms with van der Waals surface area (Å²) in [6.45, 7) is 0.310. The molecule has 0 radical (unpaired) electrons. The molecule has 0 aliphatic heterocycles. The number of rotatable bonds is 3. The van der Waals surface area contributed by atoms with Crippen molar-refractivity contribution in [2.75, 3.05) is 0 Å². The first kappa shape index (κ1) is 17.7. The summed E-state index contributed by atoms with van der Waals surface area (Å²) in [5.74, 6) is -0.213. The van der Waals surface area contributed by atoms with Crippen LogP contribution in [0.4, 0.5) is 4.39 Å². The van der Waals surface area contributed by atoms with E-state index in [0.29, 0.717) is 33.9 Å².